The number of carbonyl (C=O) groups is 1. The molecule has 1 aliphatic heterocycles. The number of carbonyl (C=O) groups excluding carboxylic acids is 1. The zero-order chi connectivity index (χ0) is 21.8. The van der Waals surface area contributed by atoms with E-state index in [0.29, 0.717) is 17.4 Å². The van der Waals surface area contributed by atoms with Crippen LogP contribution in [-0.2, 0) is 17.9 Å². The van der Waals surface area contributed by atoms with Crippen molar-refractivity contribution in [3.05, 3.63) is 57.6 Å². The van der Waals surface area contributed by atoms with Gasteiger partial charge in [-0.05, 0) is 62.1 Å². The van der Waals surface area contributed by atoms with Crippen molar-refractivity contribution in [2.24, 2.45) is 5.92 Å². The summed E-state index contributed by atoms with van der Waals surface area (Å²) in [5.74, 6) is 1.84. The number of halogens is 1. The van der Waals surface area contributed by atoms with Gasteiger partial charge in [-0.1, -0.05) is 29.8 Å². The minimum absolute atomic E-state index is 0.0637. The molecule has 0 aromatic heterocycles. The molecule has 162 valence electrons. The molecule has 1 aliphatic rings. The number of hydrogen-bond donors (Lipinski definition) is 1. The van der Waals surface area contributed by atoms with Crippen LogP contribution in [0.5, 0.6) is 11.5 Å². The molecule has 1 heterocycles. The Labute approximate surface area is 184 Å². The molecule has 6 heteroatoms. The summed E-state index contributed by atoms with van der Waals surface area (Å²) in [6.45, 7) is 11.0. The van der Waals surface area contributed by atoms with Gasteiger partial charge in [-0.3, -0.25) is 9.69 Å². The Kier molecular flexibility index (Phi) is 7.27. The van der Waals surface area contributed by atoms with Gasteiger partial charge in [0.05, 0.1) is 17.0 Å². The Morgan fingerprint density at radius 3 is 2.43 bits per heavy atom. The van der Waals surface area contributed by atoms with Crippen molar-refractivity contribution < 1.29 is 14.3 Å². The molecule has 0 atom stereocenters. The molecule has 2 aromatic rings. The second-order valence-corrected chi connectivity index (χ2v) is 8.69. The molecule has 5 nitrogen and oxygen atoms in total. The highest BCUT2D eigenvalue weighted by molar-refractivity contribution is 6.32. The monoisotopic (exact) mass is 430 g/mol. The van der Waals surface area contributed by atoms with Crippen LogP contribution in [0, 0.1) is 19.8 Å². The molecular weight excluding hydrogens is 400 g/mol. The first kappa shape index (κ1) is 22.4. The van der Waals surface area contributed by atoms with E-state index < -0.39 is 0 Å². The second-order valence-electron chi connectivity index (χ2n) is 8.28. The maximum atomic E-state index is 11.7. The largest absolute Gasteiger partial charge is 0.489 e. The fourth-order valence-electron chi connectivity index (χ4n) is 3.82. The van der Waals surface area contributed by atoms with Gasteiger partial charge in [-0.25, -0.2) is 0 Å². The van der Waals surface area contributed by atoms with Crippen LogP contribution >= 0.6 is 11.6 Å². The quantitative estimate of drug-likeness (QED) is 0.669. The van der Waals surface area contributed by atoms with Crippen molar-refractivity contribution in [2.75, 3.05) is 20.1 Å². The maximum Gasteiger partial charge on any atom is 0.225 e. The number of nitrogens with zero attached hydrogens (tertiary/aromatic N) is 1. The van der Waals surface area contributed by atoms with Crippen LogP contribution in [0.4, 0.5) is 0 Å². The Morgan fingerprint density at radius 1 is 1.17 bits per heavy atom. The average Bonchev–Trinajstić information content (AvgIpc) is 2.65. The van der Waals surface area contributed by atoms with Gasteiger partial charge in [-0.2, -0.15) is 0 Å². The first-order valence-corrected chi connectivity index (χ1v) is 10.8. The number of hydrogen-bond acceptors (Lipinski definition) is 4. The molecule has 0 radical (unpaired) electrons. The minimum Gasteiger partial charge on any atom is -0.489 e. The summed E-state index contributed by atoms with van der Waals surface area (Å²) in [5.41, 5.74) is 4.48. The highest BCUT2D eigenvalue weighted by Crippen LogP contribution is 2.30. The molecule has 1 N–H and O–H groups in total. The summed E-state index contributed by atoms with van der Waals surface area (Å²) >= 11 is 6.23. The van der Waals surface area contributed by atoms with Crippen LogP contribution in [-0.4, -0.2) is 37.0 Å². The van der Waals surface area contributed by atoms with Crippen molar-refractivity contribution in [1.29, 1.82) is 0 Å². The van der Waals surface area contributed by atoms with E-state index in [0.717, 1.165) is 42.1 Å². The van der Waals surface area contributed by atoms with Crippen LogP contribution in [0.2, 0.25) is 5.02 Å². The van der Waals surface area contributed by atoms with E-state index in [4.69, 9.17) is 21.1 Å². The van der Waals surface area contributed by atoms with Gasteiger partial charge in [-0.15, -0.1) is 0 Å². The average molecular weight is 431 g/mol. The summed E-state index contributed by atoms with van der Waals surface area (Å²) in [6, 6.07) is 10.1. The molecular formula is C24H31ClN2O3. The van der Waals surface area contributed by atoms with Gasteiger partial charge in [0.1, 0.15) is 18.1 Å². The topological polar surface area (TPSA) is 50.8 Å². The number of benzene rings is 2. The first-order valence-electron chi connectivity index (χ1n) is 10.4. The molecule has 0 aliphatic carbocycles. The van der Waals surface area contributed by atoms with Crippen LogP contribution in [0.3, 0.4) is 0 Å². The van der Waals surface area contributed by atoms with E-state index in [-0.39, 0.29) is 17.9 Å². The number of ether oxygens (including phenoxy) is 2. The zero-order valence-electron chi connectivity index (χ0n) is 18.4. The standard InChI is InChI=1S/C24H31ClN2O3/c1-15(2)30-22-10-18(6-7-21(22)25)14-29-23-16(3)8-19(9-17(23)4)11-27-12-20(13-27)24(28)26-5/h6-10,15,20H,11-14H2,1-5H3,(H,26,28). The third-order valence-corrected chi connectivity index (χ3v) is 5.55. The highest BCUT2D eigenvalue weighted by atomic mass is 35.5. The molecule has 0 saturated carbocycles. The fourth-order valence-corrected chi connectivity index (χ4v) is 3.99. The summed E-state index contributed by atoms with van der Waals surface area (Å²) < 4.78 is 11.9. The summed E-state index contributed by atoms with van der Waals surface area (Å²) in [4.78, 5) is 13.9. The van der Waals surface area contributed by atoms with Crippen LogP contribution in [0.25, 0.3) is 0 Å². The number of rotatable bonds is 8. The predicted octanol–water partition coefficient (Wildman–Crippen LogP) is 4.50. The summed E-state index contributed by atoms with van der Waals surface area (Å²) in [5, 5.41) is 3.33. The first-order chi connectivity index (χ1) is 14.3. The van der Waals surface area contributed by atoms with Crippen molar-refractivity contribution in [3.8, 4) is 11.5 Å². The van der Waals surface area contributed by atoms with Crippen LogP contribution in [0.1, 0.15) is 36.1 Å². The lowest BCUT2D eigenvalue weighted by atomic mass is 9.97. The Hall–Kier alpha value is -2.24. The SMILES string of the molecule is CNC(=O)C1CN(Cc2cc(C)c(OCc3ccc(Cl)c(OC(C)C)c3)c(C)c2)C1. The minimum atomic E-state index is 0.0637. The van der Waals surface area contributed by atoms with Crippen LogP contribution in [0.15, 0.2) is 30.3 Å². The summed E-state index contributed by atoms with van der Waals surface area (Å²) in [6.07, 6.45) is 0.0637. The van der Waals surface area contributed by atoms with Gasteiger partial charge in [0, 0.05) is 26.7 Å². The molecule has 3 rings (SSSR count). The number of amides is 1. The second kappa shape index (κ2) is 9.71. The van der Waals surface area contributed by atoms with Gasteiger partial charge in [0.15, 0.2) is 0 Å². The molecule has 2 aromatic carbocycles. The number of likely N-dealkylation sites (tertiary alicyclic amines) is 1. The lowest BCUT2D eigenvalue weighted by Gasteiger charge is -2.38. The normalized spacial score (nSPS) is 14.5. The van der Waals surface area contributed by atoms with Gasteiger partial charge >= 0.3 is 0 Å². The summed E-state index contributed by atoms with van der Waals surface area (Å²) in [7, 11) is 1.69. The maximum absolute atomic E-state index is 11.7. The van der Waals surface area contributed by atoms with Gasteiger partial charge in [0.2, 0.25) is 5.91 Å². The molecule has 1 saturated heterocycles. The molecule has 30 heavy (non-hydrogen) atoms. The van der Waals surface area contributed by atoms with E-state index in [1.807, 2.05) is 32.0 Å². The highest BCUT2D eigenvalue weighted by Gasteiger charge is 2.31. The smallest absolute Gasteiger partial charge is 0.225 e. The molecule has 0 unspecified atom stereocenters. The Morgan fingerprint density at radius 2 is 1.83 bits per heavy atom. The molecule has 1 fully saturated rings. The van der Waals surface area contributed by atoms with E-state index >= 15 is 0 Å². The lowest BCUT2D eigenvalue weighted by Crippen LogP contribution is -2.52. The predicted molar refractivity (Wildman–Crippen MR) is 120 cm³/mol. The zero-order valence-corrected chi connectivity index (χ0v) is 19.2. The van der Waals surface area contributed by atoms with Crippen molar-refractivity contribution in [2.45, 2.75) is 47.0 Å². The Balaban J connectivity index is 1.62. The number of nitrogens with one attached hydrogen (secondary N) is 1. The molecule has 0 spiro atoms. The van der Waals surface area contributed by atoms with E-state index in [1.54, 1.807) is 7.05 Å². The lowest BCUT2D eigenvalue weighted by molar-refractivity contribution is -0.129. The van der Waals surface area contributed by atoms with E-state index in [2.05, 4.69) is 36.2 Å². The molecule has 0 bridgehead atoms. The fraction of sp³-hybridized carbons (Fsp3) is 0.458. The molecule has 1 amide bonds. The van der Waals surface area contributed by atoms with Crippen molar-refractivity contribution >= 4 is 17.5 Å². The third kappa shape index (κ3) is 5.46. The van der Waals surface area contributed by atoms with E-state index in [1.165, 1.54) is 5.56 Å². The van der Waals surface area contributed by atoms with Crippen molar-refractivity contribution in [3.63, 3.8) is 0 Å². The van der Waals surface area contributed by atoms with Crippen molar-refractivity contribution in [1.82, 2.24) is 10.2 Å². The van der Waals surface area contributed by atoms with Gasteiger partial charge < -0.3 is 14.8 Å². The van der Waals surface area contributed by atoms with E-state index in [9.17, 15) is 4.79 Å². The third-order valence-electron chi connectivity index (χ3n) is 5.24. The van der Waals surface area contributed by atoms with Crippen LogP contribution < -0.4 is 14.8 Å². The van der Waals surface area contributed by atoms with Gasteiger partial charge in [0.25, 0.3) is 0 Å². The Bertz CT molecular complexity index is 884. The number of aryl methyl sites for hydroxylation is 2.